The quantitative estimate of drug-likeness (QED) is 0.614. The monoisotopic (exact) mass is 371 g/mol. The lowest BCUT2D eigenvalue weighted by atomic mass is 10.2. The predicted molar refractivity (Wildman–Crippen MR) is 108 cm³/mol. The summed E-state index contributed by atoms with van der Waals surface area (Å²) in [4.78, 5) is 0. The van der Waals surface area contributed by atoms with Gasteiger partial charge in [0.2, 0.25) is 0 Å². The number of ether oxygens (including phenoxy) is 1. The molecule has 0 atom stereocenters. The summed E-state index contributed by atoms with van der Waals surface area (Å²) in [7, 11) is 1.64. The smallest absolute Gasteiger partial charge is 0.175 e. The highest BCUT2D eigenvalue weighted by molar-refractivity contribution is 7.80. The zero-order valence-corrected chi connectivity index (χ0v) is 15.5. The number of benzene rings is 2. The Kier molecular flexibility index (Phi) is 5.26. The summed E-state index contributed by atoms with van der Waals surface area (Å²) in [6.07, 6.45) is 3.95. The van der Waals surface area contributed by atoms with Gasteiger partial charge in [-0.3, -0.25) is 0 Å². The molecule has 0 aliphatic heterocycles. The van der Waals surface area contributed by atoms with Crippen LogP contribution >= 0.6 is 23.8 Å². The lowest BCUT2D eigenvalue weighted by Crippen LogP contribution is -2.20. The number of anilines is 2. The Morgan fingerprint density at radius 3 is 2.48 bits per heavy atom. The van der Waals surface area contributed by atoms with Crippen LogP contribution in [0.5, 0.6) is 5.75 Å². The van der Waals surface area contributed by atoms with Crippen LogP contribution in [-0.2, 0) is 0 Å². The molecule has 3 rings (SSSR count). The molecule has 0 spiro atoms. The fourth-order valence-electron chi connectivity index (χ4n) is 2.48. The van der Waals surface area contributed by atoms with Crippen molar-refractivity contribution in [1.82, 2.24) is 4.57 Å². The largest absolute Gasteiger partial charge is 0.497 e. The maximum atomic E-state index is 6.17. The Morgan fingerprint density at radius 1 is 1.04 bits per heavy atom. The van der Waals surface area contributed by atoms with Gasteiger partial charge in [0, 0.05) is 29.2 Å². The fraction of sp³-hybridized carbons (Fsp3) is 0.105. The molecule has 2 N–H and O–H groups in total. The summed E-state index contributed by atoms with van der Waals surface area (Å²) in [5.41, 5.74) is 3.63. The molecular weight excluding hydrogens is 354 g/mol. The van der Waals surface area contributed by atoms with Crippen molar-refractivity contribution in [2.24, 2.45) is 0 Å². The highest BCUT2D eigenvalue weighted by Crippen LogP contribution is 2.27. The first-order chi connectivity index (χ1) is 12.1. The molecule has 1 aromatic heterocycles. The summed E-state index contributed by atoms with van der Waals surface area (Å²) in [5.74, 6) is 0.750. The van der Waals surface area contributed by atoms with Crippen LogP contribution in [-0.4, -0.2) is 16.8 Å². The SMILES string of the molecule is COc1ccc(-n2cccc2)c(NC(=S)Nc2cccc(Cl)c2C)c1. The zero-order chi connectivity index (χ0) is 17.8. The van der Waals surface area contributed by atoms with Gasteiger partial charge in [0.15, 0.2) is 5.11 Å². The van der Waals surface area contributed by atoms with E-state index in [4.69, 9.17) is 28.6 Å². The zero-order valence-electron chi connectivity index (χ0n) is 13.9. The Morgan fingerprint density at radius 2 is 1.76 bits per heavy atom. The molecule has 0 saturated carbocycles. The van der Waals surface area contributed by atoms with Gasteiger partial charge >= 0.3 is 0 Å². The van der Waals surface area contributed by atoms with Gasteiger partial charge in [-0.05, 0) is 61.1 Å². The van der Waals surface area contributed by atoms with Crippen LogP contribution in [0.1, 0.15) is 5.56 Å². The van der Waals surface area contributed by atoms with Gasteiger partial charge in [-0.1, -0.05) is 17.7 Å². The van der Waals surface area contributed by atoms with Gasteiger partial charge in [0.05, 0.1) is 18.5 Å². The molecule has 0 bridgehead atoms. The second-order valence-corrected chi connectivity index (χ2v) is 6.28. The second-order valence-electron chi connectivity index (χ2n) is 5.46. The minimum Gasteiger partial charge on any atom is -0.497 e. The highest BCUT2D eigenvalue weighted by atomic mass is 35.5. The fourth-order valence-corrected chi connectivity index (χ4v) is 2.88. The molecule has 6 heteroatoms. The van der Waals surface area contributed by atoms with Crippen LogP contribution in [0.15, 0.2) is 60.9 Å². The minimum absolute atomic E-state index is 0.479. The number of aromatic nitrogens is 1. The van der Waals surface area contributed by atoms with Gasteiger partial charge in [-0.15, -0.1) is 0 Å². The van der Waals surface area contributed by atoms with Crippen molar-refractivity contribution in [2.45, 2.75) is 6.92 Å². The molecule has 0 aliphatic carbocycles. The molecule has 128 valence electrons. The summed E-state index contributed by atoms with van der Waals surface area (Å²) in [6.45, 7) is 1.95. The van der Waals surface area contributed by atoms with Gasteiger partial charge in [0.25, 0.3) is 0 Å². The molecule has 25 heavy (non-hydrogen) atoms. The third kappa shape index (κ3) is 3.95. The predicted octanol–water partition coefficient (Wildman–Crippen LogP) is 5.26. The van der Waals surface area contributed by atoms with Crippen molar-refractivity contribution in [3.05, 3.63) is 71.5 Å². The maximum absolute atomic E-state index is 6.17. The number of halogens is 1. The molecule has 0 aliphatic rings. The maximum Gasteiger partial charge on any atom is 0.175 e. The van der Waals surface area contributed by atoms with E-state index in [0.29, 0.717) is 10.1 Å². The average molecular weight is 372 g/mol. The van der Waals surface area contributed by atoms with E-state index in [2.05, 4.69) is 10.6 Å². The van der Waals surface area contributed by atoms with Gasteiger partial charge in [0.1, 0.15) is 5.75 Å². The van der Waals surface area contributed by atoms with Crippen molar-refractivity contribution in [3.63, 3.8) is 0 Å². The number of hydrogen-bond donors (Lipinski definition) is 2. The Bertz CT molecular complexity index is 894. The van der Waals surface area contributed by atoms with E-state index in [1.807, 2.05) is 72.4 Å². The van der Waals surface area contributed by atoms with Gasteiger partial charge < -0.3 is 19.9 Å². The number of nitrogens with zero attached hydrogens (tertiary/aromatic N) is 1. The summed E-state index contributed by atoms with van der Waals surface area (Å²) in [6, 6.07) is 15.4. The Balaban J connectivity index is 1.86. The van der Waals surface area contributed by atoms with Crippen molar-refractivity contribution >= 4 is 40.3 Å². The van der Waals surface area contributed by atoms with Crippen LogP contribution in [0.4, 0.5) is 11.4 Å². The van der Waals surface area contributed by atoms with Crippen LogP contribution in [0.25, 0.3) is 5.69 Å². The standard InChI is InChI=1S/C19H18ClN3OS/c1-13-15(20)6-5-7-16(13)21-19(25)22-17-12-14(24-2)8-9-18(17)23-10-3-4-11-23/h3-12H,1-2H3,(H2,21,22,25). The van der Waals surface area contributed by atoms with Crippen LogP contribution < -0.4 is 15.4 Å². The number of thiocarbonyl (C=S) groups is 1. The van der Waals surface area contributed by atoms with Crippen molar-refractivity contribution < 1.29 is 4.74 Å². The molecule has 0 fully saturated rings. The minimum atomic E-state index is 0.479. The molecule has 4 nitrogen and oxygen atoms in total. The third-order valence-electron chi connectivity index (χ3n) is 3.85. The van der Waals surface area contributed by atoms with Crippen molar-refractivity contribution in [3.8, 4) is 11.4 Å². The molecule has 0 radical (unpaired) electrons. The lowest BCUT2D eigenvalue weighted by Gasteiger charge is -2.17. The van der Waals surface area contributed by atoms with Crippen LogP contribution in [0.3, 0.4) is 0 Å². The van der Waals surface area contributed by atoms with E-state index in [0.717, 1.165) is 28.4 Å². The van der Waals surface area contributed by atoms with E-state index in [1.54, 1.807) is 7.11 Å². The number of hydrogen-bond acceptors (Lipinski definition) is 2. The molecular formula is C19H18ClN3OS. The highest BCUT2D eigenvalue weighted by Gasteiger charge is 2.09. The van der Waals surface area contributed by atoms with Crippen molar-refractivity contribution in [2.75, 3.05) is 17.7 Å². The van der Waals surface area contributed by atoms with E-state index in [1.165, 1.54) is 0 Å². The first-order valence-electron chi connectivity index (χ1n) is 7.73. The van der Waals surface area contributed by atoms with E-state index in [-0.39, 0.29) is 0 Å². The topological polar surface area (TPSA) is 38.2 Å². The molecule has 0 saturated heterocycles. The summed E-state index contributed by atoms with van der Waals surface area (Å²) in [5, 5.41) is 7.62. The summed E-state index contributed by atoms with van der Waals surface area (Å²) >= 11 is 11.6. The lowest BCUT2D eigenvalue weighted by molar-refractivity contribution is 0.415. The molecule has 3 aromatic rings. The number of rotatable bonds is 4. The summed E-state index contributed by atoms with van der Waals surface area (Å²) < 4.78 is 7.34. The van der Waals surface area contributed by atoms with Gasteiger partial charge in [-0.25, -0.2) is 0 Å². The molecule has 0 amide bonds. The normalized spacial score (nSPS) is 10.4. The molecule has 1 heterocycles. The second kappa shape index (κ2) is 7.59. The Hall–Kier alpha value is -2.50. The van der Waals surface area contributed by atoms with Gasteiger partial charge in [-0.2, -0.15) is 0 Å². The third-order valence-corrected chi connectivity index (χ3v) is 4.46. The first kappa shape index (κ1) is 17.3. The number of nitrogens with one attached hydrogen (secondary N) is 2. The molecule has 0 unspecified atom stereocenters. The molecule has 2 aromatic carbocycles. The van der Waals surface area contributed by atoms with Crippen LogP contribution in [0.2, 0.25) is 5.02 Å². The first-order valence-corrected chi connectivity index (χ1v) is 8.51. The Labute approximate surface area is 157 Å². The van der Waals surface area contributed by atoms with Crippen molar-refractivity contribution in [1.29, 1.82) is 0 Å². The van der Waals surface area contributed by atoms with E-state index in [9.17, 15) is 0 Å². The van der Waals surface area contributed by atoms with Crippen LogP contribution in [0, 0.1) is 6.92 Å². The van der Waals surface area contributed by atoms with E-state index >= 15 is 0 Å². The number of methoxy groups -OCH3 is 1. The average Bonchev–Trinajstić information content (AvgIpc) is 3.13. The van der Waals surface area contributed by atoms with E-state index < -0.39 is 0 Å².